The van der Waals surface area contributed by atoms with E-state index in [0.717, 1.165) is 14.2 Å². The summed E-state index contributed by atoms with van der Waals surface area (Å²) in [7, 11) is 0. The molecule has 2 nitrogen and oxygen atoms in total. The molecule has 0 amide bonds. The molecule has 0 saturated heterocycles. The molecule has 1 heterocycles. The van der Waals surface area contributed by atoms with Gasteiger partial charge in [0.25, 0.3) is 0 Å². The molecule has 1 aromatic rings. The van der Waals surface area contributed by atoms with Crippen molar-refractivity contribution in [3.8, 4) is 0 Å². The zero-order chi connectivity index (χ0) is 12.3. The Morgan fingerprint density at radius 3 is 2.56 bits per heavy atom. The van der Waals surface area contributed by atoms with E-state index in [1.807, 2.05) is 6.92 Å². The minimum absolute atomic E-state index is 0.141. The third-order valence-corrected chi connectivity index (χ3v) is 4.25. The molecule has 0 saturated carbocycles. The molecular weight excluding hydrogens is 305 g/mol. The maximum Gasteiger partial charge on any atom is 0.401 e. The van der Waals surface area contributed by atoms with Crippen molar-refractivity contribution in [2.75, 3.05) is 13.1 Å². The predicted molar refractivity (Wildman–Crippen MR) is 62.6 cm³/mol. The first-order chi connectivity index (χ1) is 7.33. The van der Waals surface area contributed by atoms with E-state index in [2.05, 4.69) is 21.2 Å². The van der Waals surface area contributed by atoms with Gasteiger partial charge in [-0.15, -0.1) is 11.3 Å². The molecule has 16 heavy (non-hydrogen) atoms. The molecule has 0 aliphatic carbocycles. The highest BCUT2D eigenvalue weighted by Gasteiger charge is 2.28. The van der Waals surface area contributed by atoms with Gasteiger partial charge < -0.3 is 5.73 Å². The number of thiophene rings is 1. The summed E-state index contributed by atoms with van der Waals surface area (Å²) in [5, 5.41) is 2.41. The SMILES string of the molecule is Cc1sc(C(CN)NCC(F)(F)F)cc1Br. The Hall–Kier alpha value is -0.110. The standard InChI is InChI=1S/C9H12BrF3N2S/c1-5-6(10)2-8(16-5)7(3-14)15-4-9(11,12)13/h2,7,15H,3-4,14H2,1H3. The molecule has 0 aliphatic heterocycles. The number of halogens is 4. The molecule has 0 bridgehead atoms. The molecule has 92 valence electrons. The lowest BCUT2D eigenvalue weighted by atomic mass is 10.2. The lowest BCUT2D eigenvalue weighted by Crippen LogP contribution is -2.35. The fraction of sp³-hybridized carbons (Fsp3) is 0.556. The van der Waals surface area contributed by atoms with Crippen LogP contribution in [0.15, 0.2) is 10.5 Å². The van der Waals surface area contributed by atoms with Gasteiger partial charge in [-0.05, 0) is 28.9 Å². The van der Waals surface area contributed by atoms with Crippen LogP contribution in [0.3, 0.4) is 0 Å². The minimum Gasteiger partial charge on any atom is -0.329 e. The zero-order valence-electron chi connectivity index (χ0n) is 8.57. The Morgan fingerprint density at radius 1 is 1.56 bits per heavy atom. The van der Waals surface area contributed by atoms with Gasteiger partial charge in [0.2, 0.25) is 0 Å². The van der Waals surface area contributed by atoms with Crippen LogP contribution in [0.25, 0.3) is 0 Å². The highest BCUT2D eigenvalue weighted by Crippen LogP contribution is 2.30. The van der Waals surface area contributed by atoms with Gasteiger partial charge in [0, 0.05) is 20.8 Å². The number of rotatable bonds is 4. The Balaban J connectivity index is 2.68. The maximum atomic E-state index is 12.0. The molecule has 0 fully saturated rings. The van der Waals surface area contributed by atoms with E-state index in [-0.39, 0.29) is 6.54 Å². The Morgan fingerprint density at radius 2 is 2.19 bits per heavy atom. The Bertz CT molecular complexity index is 332. The van der Waals surface area contributed by atoms with E-state index in [4.69, 9.17) is 5.73 Å². The average Bonchev–Trinajstić information content (AvgIpc) is 2.46. The monoisotopic (exact) mass is 316 g/mol. The number of nitrogens with two attached hydrogens (primary N) is 1. The van der Waals surface area contributed by atoms with Crippen molar-refractivity contribution in [1.29, 1.82) is 0 Å². The predicted octanol–water partition coefficient (Wildman–Crippen LogP) is 2.97. The van der Waals surface area contributed by atoms with Gasteiger partial charge in [-0.2, -0.15) is 13.2 Å². The largest absolute Gasteiger partial charge is 0.401 e. The third kappa shape index (κ3) is 4.04. The number of aryl methyl sites for hydroxylation is 1. The van der Waals surface area contributed by atoms with Crippen LogP contribution in [-0.2, 0) is 0 Å². The summed E-state index contributed by atoms with van der Waals surface area (Å²) in [4.78, 5) is 1.85. The van der Waals surface area contributed by atoms with Crippen LogP contribution in [0.4, 0.5) is 13.2 Å². The van der Waals surface area contributed by atoms with Gasteiger partial charge in [0.15, 0.2) is 0 Å². The van der Waals surface area contributed by atoms with Gasteiger partial charge >= 0.3 is 6.18 Å². The van der Waals surface area contributed by atoms with Gasteiger partial charge in [0.05, 0.1) is 12.6 Å². The summed E-state index contributed by atoms with van der Waals surface area (Å²) < 4.78 is 37.0. The number of hydrogen-bond donors (Lipinski definition) is 2. The van der Waals surface area contributed by atoms with Crippen LogP contribution in [0.2, 0.25) is 0 Å². The molecule has 1 unspecified atom stereocenters. The lowest BCUT2D eigenvalue weighted by molar-refractivity contribution is -0.126. The van der Waals surface area contributed by atoms with E-state index in [9.17, 15) is 13.2 Å². The quantitative estimate of drug-likeness (QED) is 0.896. The van der Waals surface area contributed by atoms with Gasteiger partial charge in [-0.25, -0.2) is 0 Å². The fourth-order valence-electron chi connectivity index (χ4n) is 1.19. The van der Waals surface area contributed by atoms with E-state index >= 15 is 0 Å². The molecule has 3 N–H and O–H groups in total. The topological polar surface area (TPSA) is 38.0 Å². The first kappa shape index (κ1) is 14.0. The molecule has 1 atom stereocenters. The van der Waals surface area contributed by atoms with Gasteiger partial charge in [0.1, 0.15) is 0 Å². The number of hydrogen-bond acceptors (Lipinski definition) is 3. The molecule has 0 spiro atoms. The molecule has 1 aromatic heterocycles. The second-order valence-electron chi connectivity index (χ2n) is 3.34. The molecular formula is C9H12BrF3N2S. The van der Waals surface area contributed by atoms with Crippen LogP contribution in [0.5, 0.6) is 0 Å². The number of nitrogens with one attached hydrogen (secondary N) is 1. The second-order valence-corrected chi connectivity index (χ2v) is 5.48. The molecule has 0 radical (unpaired) electrons. The van der Waals surface area contributed by atoms with E-state index in [1.54, 1.807) is 6.07 Å². The van der Waals surface area contributed by atoms with Crippen LogP contribution in [-0.4, -0.2) is 19.3 Å². The Kier molecular flexibility index (Phi) is 4.78. The van der Waals surface area contributed by atoms with Crippen molar-refractivity contribution in [1.82, 2.24) is 5.32 Å². The summed E-state index contributed by atoms with van der Waals surface area (Å²) in [5.74, 6) is 0. The van der Waals surface area contributed by atoms with Crippen LogP contribution in [0.1, 0.15) is 15.8 Å². The Labute approximate surface area is 104 Å². The van der Waals surface area contributed by atoms with Crippen molar-refractivity contribution >= 4 is 27.3 Å². The summed E-state index contributed by atoms with van der Waals surface area (Å²) in [5.41, 5.74) is 5.45. The van der Waals surface area contributed by atoms with Crippen LogP contribution >= 0.6 is 27.3 Å². The second kappa shape index (κ2) is 5.48. The minimum atomic E-state index is -4.21. The summed E-state index contributed by atoms with van der Waals surface area (Å²) >= 11 is 4.76. The van der Waals surface area contributed by atoms with Gasteiger partial charge in [-0.3, -0.25) is 5.32 Å². The van der Waals surface area contributed by atoms with E-state index in [1.165, 1.54) is 11.3 Å². The van der Waals surface area contributed by atoms with Crippen LogP contribution in [0, 0.1) is 6.92 Å². The first-order valence-electron chi connectivity index (χ1n) is 4.59. The zero-order valence-corrected chi connectivity index (χ0v) is 11.0. The van der Waals surface area contributed by atoms with Crippen molar-refractivity contribution in [2.45, 2.75) is 19.1 Å². The molecule has 1 rings (SSSR count). The fourth-order valence-corrected chi connectivity index (χ4v) is 2.84. The van der Waals surface area contributed by atoms with E-state index in [0.29, 0.717) is 0 Å². The molecule has 7 heteroatoms. The summed E-state index contributed by atoms with van der Waals surface area (Å²) in [6.07, 6.45) is -4.21. The van der Waals surface area contributed by atoms with E-state index < -0.39 is 18.8 Å². The molecule has 0 aliphatic rings. The third-order valence-electron chi connectivity index (χ3n) is 2.00. The lowest BCUT2D eigenvalue weighted by Gasteiger charge is -2.16. The van der Waals surface area contributed by atoms with Crippen LogP contribution < -0.4 is 11.1 Å². The maximum absolute atomic E-state index is 12.0. The van der Waals surface area contributed by atoms with Crippen molar-refractivity contribution < 1.29 is 13.2 Å². The van der Waals surface area contributed by atoms with Gasteiger partial charge in [-0.1, -0.05) is 0 Å². The highest BCUT2D eigenvalue weighted by atomic mass is 79.9. The number of alkyl halides is 3. The smallest absolute Gasteiger partial charge is 0.329 e. The van der Waals surface area contributed by atoms with Crippen molar-refractivity contribution in [2.24, 2.45) is 5.73 Å². The van der Waals surface area contributed by atoms with Crippen molar-refractivity contribution in [3.05, 3.63) is 20.3 Å². The average molecular weight is 317 g/mol. The van der Waals surface area contributed by atoms with Crippen molar-refractivity contribution in [3.63, 3.8) is 0 Å². The summed E-state index contributed by atoms with van der Waals surface area (Å²) in [6, 6.07) is 1.36. The molecule has 0 aromatic carbocycles. The normalized spacial score (nSPS) is 14.1. The first-order valence-corrected chi connectivity index (χ1v) is 6.20. The summed E-state index contributed by atoms with van der Waals surface area (Å²) in [6.45, 7) is 1.02. The highest BCUT2D eigenvalue weighted by molar-refractivity contribution is 9.10.